The molecule has 0 aromatic heterocycles. The summed E-state index contributed by atoms with van der Waals surface area (Å²) in [4.78, 5) is 10.7. The van der Waals surface area contributed by atoms with Gasteiger partial charge in [-0.3, -0.25) is 4.79 Å². The first-order valence-electron chi connectivity index (χ1n) is 3.33. The number of hydrogen-bond acceptors (Lipinski definition) is 3. The van der Waals surface area contributed by atoms with E-state index in [4.69, 9.17) is 34.8 Å². The van der Waals surface area contributed by atoms with Crippen LogP contribution in [0.3, 0.4) is 0 Å². The predicted molar refractivity (Wildman–Crippen MR) is 56.4 cm³/mol. The van der Waals surface area contributed by atoms with E-state index in [2.05, 4.69) is 0 Å². The van der Waals surface area contributed by atoms with Gasteiger partial charge in [0.15, 0.2) is 0 Å². The van der Waals surface area contributed by atoms with Crippen LogP contribution in [0.5, 0.6) is 0 Å². The van der Waals surface area contributed by atoms with Crippen LogP contribution in [0, 0.1) is 0 Å². The van der Waals surface area contributed by atoms with Crippen molar-refractivity contribution in [1.82, 2.24) is 0 Å². The molecule has 0 radical (unpaired) electrons. The van der Waals surface area contributed by atoms with Gasteiger partial charge in [0.25, 0.3) is 5.24 Å². The minimum Gasteiger partial charge on any atom is -0.276 e. The summed E-state index contributed by atoms with van der Waals surface area (Å²) in [5, 5.41) is -1.89. The third-order valence-electron chi connectivity index (χ3n) is 1.55. The first-order chi connectivity index (χ1) is 6.45. The van der Waals surface area contributed by atoms with Gasteiger partial charge in [-0.1, -0.05) is 11.6 Å². The van der Waals surface area contributed by atoms with Gasteiger partial charge >= 0.3 is 0 Å². The average Bonchev–Trinajstić information content (AvgIpc) is 2.08. The minimum atomic E-state index is -2.46. The van der Waals surface area contributed by atoms with E-state index in [1.165, 1.54) is 12.2 Å². The molecule has 7 heteroatoms. The van der Waals surface area contributed by atoms with Gasteiger partial charge in [-0.15, -0.1) is 11.6 Å². The van der Waals surface area contributed by atoms with Crippen LogP contribution >= 0.6 is 34.8 Å². The molecular formula is C7H3Cl3O3S. The summed E-state index contributed by atoms with van der Waals surface area (Å²) in [6, 6.07) is 0. The highest BCUT2D eigenvalue weighted by Gasteiger charge is 2.25. The van der Waals surface area contributed by atoms with E-state index in [1.54, 1.807) is 0 Å². The normalized spacial score (nSPS) is 21.4. The largest absolute Gasteiger partial charge is 0.276 e. The Kier molecular flexibility index (Phi) is 3.78. The lowest BCUT2D eigenvalue weighted by Gasteiger charge is -2.12. The molecule has 0 aromatic rings. The van der Waals surface area contributed by atoms with E-state index in [0.29, 0.717) is 0 Å². The molecule has 0 aromatic carbocycles. The van der Waals surface area contributed by atoms with Gasteiger partial charge in [-0.2, -0.15) is 8.42 Å². The number of allylic oxidation sites excluding steroid dienone is 4. The summed E-state index contributed by atoms with van der Waals surface area (Å²) in [6.07, 6.45) is 2.42. The van der Waals surface area contributed by atoms with Crippen LogP contribution in [-0.2, 0) is 15.1 Å². The second kappa shape index (κ2) is 4.49. The van der Waals surface area contributed by atoms with Crippen LogP contribution in [0.1, 0.15) is 0 Å². The van der Waals surface area contributed by atoms with Crippen molar-refractivity contribution < 1.29 is 13.2 Å². The molecular weight excluding hydrogens is 271 g/mol. The first-order valence-corrected chi connectivity index (χ1v) is 5.59. The predicted octanol–water partition coefficient (Wildman–Crippen LogP) is 1.47. The van der Waals surface area contributed by atoms with Crippen molar-refractivity contribution in [3.8, 4) is 0 Å². The molecule has 1 aliphatic carbocycles. The molecule has 0 aliphatic heterocycles. The van der Waals surface area contributed by atoms with Crippen LogP contribution in [0.15, 0.2) is 22.8 Å². The summed E-state index contributed by atoms with van der Waals surface area (Å²) >= 11 is 16.5. The van der Waals surface area contributed by atoms with Gasteiger partial charge in [0, 0.05) is 0 Å². The molecule has 1 atom stereocenters. The zero-order valence-corrected chi connectivity index (χ0v) is 9.58. The monoisotopic (exact) mass is 272 g/mol. The highest BCUT2D eigenvalue weighted by molar-refractivity contribution is 7.73. The van der Waals surface area contributed by atoms with E-state index in [1.807, 2.05) is 0 Å². The quantitative estimate of drug-likeness (QED) is 0.413. The minimum absolute atomic E-state index is 0.0162. The van der Waals surface area contributed by atoms with Gasteiger partial charge < -0.3 is 0 Å². The molecule has 0 saturated heterocycles. The Bertz CT molecular complexity index is 464. The summed E-state index contributed by atoms with van der Waals surface area (Å²) in [5.74, 6) is 0. The lowest BCUT2D eigenvalue weighted by atomic mass is 10.1. The summed E-state index contributed by atoms with van der Waals surface area (Å²) in [7, 11) is -2.46. The van der Waals surface area contributed by atoms with Gasteiger partial charge in [-0.05, 0) is 23.8 Å². The van der Waals surface area contributed by atoms with Crippen molar-refractivity contribution >= 4 is 55.2 Å². The van der Waals surface area contributed by atoms with Crippen molar-refractivity contribution in [1.29, 1.82) is 0 Å². The lowest BCUT2D eigenvalue weighted by molar-refractivity contribution is -0.108. The summed E-state index contributed by atoms with van der Waals surface area (Å²) in [5.41, 5.74) is 0.0162. The molecule has 0 saturated carbocycles. The molecule has 1 aliphatic rings. The maximum atomic E-state index is 10.8. The van der Waals surface area contributed by atoms with Crippen LogP contribution in [0.2, 0.25) is 0 Å². The molecule has 0 bridgehead atoms. The number of hydrogen-bond donors (Lipinski definition) is 0. The molecule has 0 fully saturated rings. The van der Waals surface area contributed by atoms with Gasteiger partial charge in [-0.25, -0.2) is 0 Å². The second-order valence-electron chi connectivity index (χ2n) is 2.37. The van der Waals surface area contributed by atoms with Gasteiger partial charge in [0.2, 0.25) is 10.3 Å². The number of halogens is 3. The highest BCUT2D eigenvalue weighted by Crippen LogP contribution is 2.26. The summed E-state index contributed by atoms with van der Waals surface area (Å²) in [6.45, 7) is 0. The van der Waals surface area contributed by atoms with Crippen LogP contribution in [-0.4, -0.2) is 23.9 Å². The molecule has 3 nitrogen and oxygen atoms in total. The fourth-order valence-corrected chi connectivity index (χ4v) is 2.31. The molecule has 14 heavy (non-hydrogen) atoms. The zero-order chi connectivity index (χ0) is 10.9. The Hall–Kier alpha value is -0.290. The van der Waals surface area contributed by atoms with Crippen molar-refractivity contribution in [2.24, 2.45) is 0 Å². The Morgan fingerprint density at radius 2 is 1.93 bits per heavy atom. The van der Waals surface area contributed by atoms with Crippen molar-refractivity contribution in [2.75, 3.05) is 0 Å². The van der Waals surface area contributed by atoms with Crippen molar-refractivity contribution in [2.45, 2.75) is 5.38 Å². The molecule has 0 N–H and O–H groups in total. The molecule has 0 amide bonds. The highest BCUT2D eigenvalue weighted by atomic mass is 35.5. The molecule has 0 spiro atoms. The SMILES string of the molecule is O=C(Cl)C1=C(Cl)C(Cl)C(=S(=O)=O)C=C1. The van der Waals surface area contributed by atoms with Crippen LogP contribution in [0.25, 0.3) is 0 Å². The molecule has 0 heterocycles. The molecule has 1 unspecified atom stereocenters. The number of alkyl halides is 1. The van der Waals surface area contributed by atoms with Crippen LogP contribution in [0.4, 0.5) is 0 Å². The standard InChI is InChI=1S/C7H3Cl3O3S/c8-5-3(7(10)11)1-2-4(6(5)9)14(12)13/h1-2,6H. The topological polar surface area (TPSA) is 51.2 Å². The summed E-state index contributed by atoms with van der Waals surface area (Å²) < 4.78 is 21.2. The van der Waals surface area contributed by atoms with E-state index in [-0.39, 0.29) is 15.5 Å². The Morgan fingerprint density at radius 1 is 1.36 bits per heavy atom. The Balaban J connectivity index is 3.31. The Morgan fingerprint density at radius 3 is 2.36 bits per heavy atom. The van der Waals surface area contributed by atoms with E-state index in [9.17, 15) is 13.2 Å². The average molecular weight is 274 g/mol. The maximum Gasteiger partial charge on any atom is 0.253 e. The van der Waals surface area contributed by atoms with Crippen LogP contribution < -0.4 is 0 Å². The fourth-order valence-electron chi connectivity index (χ4n) is 0.890. The van der Waals surface area contributed by atoms with Crippen molar-refractivity contribution in [3.63, 3.8) is 0 Å². The van der Waals surface area contributed by atoms with E-state index in [0.717, 1.165) is 0 Å². The number of carbonyl (C=O) groups excluding carboxylic acids is 1. The second-order valence-corrected chi connectivity index (χ2v) is 4.50. The van der Waals surface area contributed by atoms with Gasteiger partial charge in [0.1, 0.15) is 5.38 Å². The van der Waals surface area contributed by atoms with E-state index < -0.39 is 20.9 Å². The molecule has 76 valence electrons. The third-order valence-corrected chi connectivity index (χ3v) is 3.62. The number of rotatable bonds is 1. The first kappa shape index (κ1) is 11.8. The zero-order valence-electron chi connectivity index (χ0n) is 6.50. The fraction of sp³-hybridized carbons (Fsp3) is 0.143. The maximum absolute atomic E-state index is 10.8. The third kappa shape index (κ3) is 2.20. The molecule has 1 rings (SSSR count). The smallest absolute Gasteiger partial charge is 0.253 e. The Labute approximate surface area is 96.5 Å². The van der Waals surface area contributed by atoms with E-state index >= 15 is 0 Å². The van der Waals surface area contributed by atoms with Gasteiger partial charge in [0.05, 0.1) is 15.5 Å². The van der Waals surface area contributed by atoms with Crippen molar-refractivity contribution in [3.05, 3.63) is 22.8 Å². The number of carbonyl (C=O) groups is 1. The lowest BCUT2D eigenvalue weighted by Crippen LogP contribution is -2.19.